The molecule has 19 heavy (non-hydrogen) atoms. The van der Waals surface area contributed by atoms with E-state index in [2.05, 4.69) is 5.32 Å². The highest BCUT2D eigenvalue weighted by molar-refractivity contribution is 7.89. The number of sulfonamides is 1. The Labute approximate surface area is 113 Å². The summed E-state index contributed by atoms with van der Waals surface area (Å²) >= 11 is 0. The molecule has 0 bridgehead atoms. The molecule has 7 heteroatoms. The Morgan fingerprint density at radius 2 is 1.68 bits per heavy atom. The maximum absolute atomic E-state index is 12.3. The van der Waals surface area contributed by atoms with Crippen LogP contribution < -0.4 is 5.32 Å². The van der Waals surface area contributed by atoms with Crippen LogP contribution in [0, 0.1) is 0 Å². The molecule has 104 valence electrons. The van der Waals surface area contributed by atoms with E-state index in [0.717, 1.165) is 0 Å². The van der Waals surface area contributed by atoms with Gasteiger partial charge in [0.2, 0.25) is 10.0 Å². The first-order chi connectivity index (χ1) is 9.05. The lowest BCUT2D eigenvalue weighted by atomic mass is 10.4. The van der Waals surface area contributed by atoms with Gasteiger partial charge >= 0.3 is 6.03 Å². The molecular formula is C12H17N3O3S. The van der Waals surface area contributed by atoms with Crippen molar-refractivity contribution < 1.29 is 13.2 Å². The molecule has 1 aliphatic rings. The maximum atomic E-state index is 12.3. The molecule has 0 spiro atoms. The van der Waals surface area contributed by atoms with Crippen LogP contribution in [0.3, 0.4) is 0 Å². The molecule has 1 aliphatic heterocycles. The lowest BCUT2D eigenvalue weighted by Crippen LogP contribution is -2.52. The van der Waals surface area contributed by atoms with E-state index in [9.17, 15) is 13.2 Å². The van der Waals surface area contributed by atoms with Crippen molar-refractivity contribution in [1.29, 1.82) is 0 Å². The molecule has 2 amide bonds. The minimum atomic E-state index is -3.44. The van der Waals surface area contributed by atoms with Gasteiger partial charge in [-0.1, -0.05) is 18.2 Å². The van der Waals surface area contributed by atoms with Crippen molar-refractivity contribution in [3.8, 4) is 0 Å². The lowest BCUT2D eigenvalue weighted by Gasteiger charge is -2.33. The fourth-order valence-electron chi connectivity index (χ4n) is 2.03. The van der Waals surface area contributed by atoms with Crippen LogP contribution in [-0.2, 0) is 10.0 Å². The van der Waals surface area contributed by atoms with E-state index in [0.29, 0.717) is 31.1 Å². The number of rotatable bonds is 2. The zero-order valence-corrected chi connectivity index (χ0v) is 11.6. The van der Waals surface area contributed by atoms with Crippen molar-refractivity contribution in [2.24, 2.45) is 0 Å². The van der Waals surface area contributed by atoms with Crippen molar-refractivity contribution in [1.82, 2.24) is 14.5 Å². The molecule has 0 aliphatic carbocycles. The first kappa shape index (κ1) is 13.8. The highest BCUT2D eigenvalue weighted by Gasteiger charge is 2.29. The Hall–Kier alpha value is -1.60. The van der Waals surface area contributed by atoms with Crippen molar-refractivity contribution in [2.75, 3.05) is 33.2 Å². The van der Waals surface area contributed by atoms with Crippen LogP contribution in [0.25, 0.3) is 0 Å². The Kier molecular flexibility index (Phi) is 4.06. The third kappa shape index (κ3) is 2.87. The van der Waals surface area contributed by atoms with E-state index in [4.69, 9.17) is 0 Å². The van der Waals surface area contributed by atoms with Crippen LogP contribution in [0.2, 0.25) is 0 Å². The highest BCUT2D eigenvalue weighted by atomic mass is 32.2. The largest absolute Gasteiger partial charge is 0.341 e. The fraction of sp³-hybridized carbons (Fsp3) is 0.417. The molecule has 1 aromatic carbocycles. The SMILES string of the molecule is CNC(=O)N1CCN(S(=O)(=O)c2ccccc2)CC1. The number of nitrogens with one attached hydrogen (secondary N) is 1. The second-order valence-electron chi connectivity index (χ2n) is 4.26. The molecule has 0 unspecified atom stereocenters. The van der Waals surface area contributed by atoms with E-state index in [-0.39, 0.29) is 6.03 Å². The maximum Gasteiger partial charge on any atom is 0.317 e. The Morgan fingerprint density at radius 3 is 2.21 bits per heavy atom. The summed E-state index contributed by atoms with van der Waals surface area (Å²) in [5.41, 5.74) is 0. The molecule has 0 radical (unpaired) electrons. The number of urea groups is 1. The van der Waals surface area contributed by atoms with E-state index in [1.807, 2.05) is 0 Å². The van der Waals surface area contributed by atoms with Gasteiger partial charge in [0.25, 0.3) is 0 Å². The van der Waals surface area contributed by atoms with Crippen LogP contribution >= 0.6 is 0 Å². The van der Waals surface area contributed by atoms with Gasteiger partial charge in [-0.15, -0.1) is 0 Å². The van der Waals surface area contributed by atoms with Crippen LogP contribution in [0.1, 0.15) is 0 Å². The zero-order chi connectivity index (χ0) is 13.9. The quantitative estimate of drug-likeness (QED) is 0.850. The second-order valence-corrected chi connectivity index (χ2v) is 6.20. The third-order valence-electron chi connectivity index (χ3n) is 3.12. The summed E-state index contributed by atoms with van der Waals surface area (Å²) in [6.07, 6.45) is 0. The first-order valence-corrected chi connectivity index (χ1v) is 7.51. The van der Waals surface area contributed by atoms with Gasteiger partial charge in [0, 0.05) is 33.2 Å². The van der Waals surface area contributed by atoms with Crippen molar-refractivity contribution in [3.63, 3.8) is 0 Å². The number of hydrogen-bond donors (Lipinski definition) is 1. The van der Waals surface area contributed by atoms with Gasteiger partial charge in [-0.25, -0.2) is 13.2 Å². The van der Waals surface area contributed by atoms with Gasteiger partial charge in [-0.2, -0.15) is 4.31 Å². The zero-order valence-electron chi connectivity index (χ0n) is 10.7. The molecule has 1 fully saturated rings. The summed E-state index contributed by atoms with van der Waals surface area (Å²) < 4.78 is 26.1. The van der Waals surface area contributed by atoms with Gasteiger partial charge in [0.1, 0.15) is 0 Å². The van der Waals surface area contributed by atoms with Crippen molar-refractivity contribution >= 4 is 16.1 Å². The number of amides is 2. The monoisotopic (exact) mass is 283 g/mol. The summed E-state index contributed by atoms with van der Waals surface area (Å²) in [5.74, 6) is 0. The molecule has 1 aromatic rings. The van der Waals surface area contributed by atoms with Crippen LogP contribution in [0.15, 0.2) is 35.2 Å². The molecule has 6 nitrogen and oxygen atoms in total. The lowest BCUT2D eigenvalue weighted by molar-refractivity contribution is 0.174. The predicted octanol–water partition coefficient (Wildman–Crippen LogP) is 0.332. The van der Waals surface area contributed by atoms with Gasteiger partial charge in [0.15, 0.2) is 0 Å². The standard InChI is InChI=1S/C12H17N3O3S/c1-13-12(16)14-7-9-15(10-8-14)19(17,18)11-5-3-2-4-6-11/h2-6H,7-10H2,1H3,(H,13,16). The Balaban J connectivity index is 2.08. The molecule has 2 rings (SSSR count). The number of nitrogens with zero attached hydrogens (tertiary/aromatic N) is 2. The van der Waals surface area contributed by atoms with E-state index in [1.54, 1.807) is 42.3 Å². The predicted molar refractivity (Wildman–Crippen MR) is 71.2 cm³/mol. The molecule has 0 saturated carbocycles. The van der Waals surface area contributed by atoms with Gasteiger partial charge in [0.05, 0.1) is 4.90 Å². The molecule has 1 saturated heterocycles. The summed E-state index contributed by atoms with van der Waals surface area (Å²) in [6, 6.07) is 8.18. The van der Waals surface area contributed by atoms with Gasteiger partial charge in [-0.05, 0) is 12.1 Å². The van der Waals surface area contributed by atoms with Crippen LogP contribution in [0.4, 0.5) is 4.79 Å². The smallest absolute Gasteiger partial charge is 0.317 e. The highest BCUT2D eigenvalue weighted by Crippen LogP contribution is 2.16. The summed E-state index contributed by atoms with van der Waals surface area (Å²) in [4.78, 5) is 13.3. The summed E-state index contributed by atoms with van der Waals surface area (Å²) in [6.45, 7) is 1.47. The number of benzene rings is 1. The van der Waals surface area contributed by atoms with Crippen LogP contribution in [-0.4, -0.2) is 56.9 Å². The van der Waals surface area contributed by atoms with Crippen molar-refractivity contribution in [2.45, 2.75) is 4.90 Å². The average molecular weight is 283 g/mol. The molecule has 0 aromatic heterocycles. The van der Waals surface area contributed by atoms with Gasteiger partial charge < -0.3 is 10.2 Å². The molecule has 1 N–H and O–H groups in total. The van der Waals surface area contributed by atoms with E-state index in [1.165, 1.54) is 4.31 Å². The minimum Gasteiger partial charge on any atom is -0.341 e. The van der Waals surface area contributed by atoms with Crippen LogP contribution in [0.5, 0.6) is 0 Å². The molecule has 0 atom stereocenters. The third-order valence-corrected chi connectivity index (χ3v) is 5.03. The van der Waals surface area contributed by atoms with Crippen molar-refractivity contribution in [3.05, 3.63) is 30.3 Å². The van der Waals surface area contributed by atoms with E-state index < -0.39 is 10.0 Å². The summed E-state index contributed by atoms with van der Waals surface area (Å²) in [5, 5.41) is 2.54. The minimum absolute atomic E-state index is 0.170. The topological polar surface area (TPSA) is 69.7 Å². The van der Waals surface area contributed by atoms with E-state index >= 15 is 0 Å². The average Bonchev–Trinajstić information content (AvgIpc) is 2.47. The number of carbonyl (C=O) groups is 1. The normalized spacial score (nSPS) is 17.2. The Morgan fingerprint density at radius 1 is 1.11 bits per heavy atom. The molecular weight excluding hydrogens is 266 g/mol. The number of carbonyl (C=O) groups excluding carboxylic acids is 1. The van der Waals surface area contributed by atoms with Gasteiger partial charge in [-0.3, -0.25) is 0 Å². The molecule has 1 heterocycles. The second kappa shape index (κ2) is 5.58. The number of hydrogen-bond acceptors (Lipinski definition) is 3. The summed E-state index contributed by atoms with van der Waals surface area (Å²) in [7, 11) is -1.88. The fourth-order valence-corrected chi connectivity index (χ4v) is 3.47. The number of piperazine rings is 1. The Bertz CT molecular complexity index is 537. The first-order valence-electron chi connectivity index (χ1n) is 6.07.